The van der Waals surface area contributed by atoms with Gasteiger partial charge in [-0.1, -0.05) is 133 Å². The molecule has 0 amide bonds. The summed E-state index contributed by atoms with van der Waals surface area (Å²) in [5.74, 6) is 0.974. The SMILES string of the molecule is C1=C(c2ccc(N(c3ccc(-c4ccccc4)cc3)c3ccc(-c4cc5ccccc5c5ccccc45)cc3)cc2)c2c(oc3ccccc23)CN1. The van der Waals surface area contributed by atoms with Crippen LogP contribution in [0.4, 0.5) is 17.1 Å². The number of fused-ring (bicyclic) bond motifs is 6. The highest BCUT2D eigenvalue weighted by Crippen LogP contribution is 2.41. The van der Waals surface area contributed by atoms with Gasteiger partial charge in [-0.05, 0) is 97.9 Å². The van der Waals surface area contributed by atoms with Crippen LogP contribution in [0.5, 0.6) is 0 Å². The lowest BCUT2D eigenvalue weighted by atomic mass is 9.93. The van der Waals surface area contributed by atoms with Gasteiger partial charge in [0.1, 0.15) is 11.3 Å². The zero-order chi connectivity index (χ0) is 34.4. The minimum absolute atomic E-state index is 0.684. The summed E-state index contributed by atoms with van der Waals surface area (Å²) < 4.78 is 6.24. The molecule has 1 N–H and O–H groups in total. The summed E-state index contributed by atoms with van der Waals surface area (Å²) >= 11 is 0. The fourth-order valence-corrected chi connectivity index (χ4v) is 7.82. The number of hydrogen-bond acceptors (Lipinski definition) is 3. The third-order valence-corrected chi connectivity index (χ3v) is 10.3. The normalized spacial score (nSPS) is 12.4. The zero-order valence-corrected chi connectivity index (χ0v) is 28.5. The van der Waals surface area contributed by atoms with Gasteiger partial charge in [-0.25, -0.2) is 0 Å². The van der Waals surface area contributed by atoms with Crippen LogP contribution in [0.3, 0.4) is 0 Å². The Balaban J connectivity index is 1.06. The van der Waals surface area contributed by atoms with Crippen LogP contribution in [0, 0.1) is 0 Å². The molecular formula is C49H34N2O. The van der Waals surface area contributed by atoms with Crippen LogP contribution >= 0.6 is 0 Å². The molecule has 1 aliphatic rings. The Morgan fingerprint density at radius 3 is 1.69 bits per heavy atom. The van der Waals surface area contributed by atoms with Crippen LogP contribution in [-0.4, -0.2) is 0 Å². The van der Waals surface area contributed by atoms with Gasteiger partial charge in [-0.2, -0.15) is 0 Å². The highest BCUT2D eigenvalue weighted by molar-refractivity contribution is 6.13. The summed E-state index contributed by atoms with van der Waals surface area (Å²) in [5, 5.41) is 9.65. The first kappa shape index (κ1) is 30.0. The quantitative estimate of drug-likeness (QED) is 0.179. The number of anilines is 3. The van der Waals surface area contributed by atoms with E-state index in [1.54, 1.807) is 0 Å². The van der Waals surface area contributed by atoms with Crippen molar-refractivity contribution < 1.29 is 4.42 Å². The summed E-state index contributed by atoms with van der Waals surface area (Å²) in [7, 11) is 0. The van der Waals surface area contributed by atoms with Gasteiger partial charge in [0.25, 0.3) is 0 Å². The van der Waals surface area contributed by atoms with Crippen LogP contribution in [0.2, 0.25) is 0 Å². The molecule has 0 aliphatic carbocycles. The monoisotopic (exact) mass is 666 g/mol. The molecule has 0 fully saturated rings. The minimum atomic E-state index is 0.684. The maximum Gasteiger partial charge on any atom is 0.135 e. The van der Waals surface area contributed by atoms with Crippen molar-refractivity contribution >= 4 is 55.1 Å². The largest absolute Gasteiger partial charge is 0.459 e. The van der Waals surface area contributed by atoms with E-state index in [-0.39, 0.29) is 0 Å². The highest BCUT2D eigenvalue weighted by atomic mass is 16.3. The lowest BCUT2D eigenvalue weighted by Crippen LogP contribution is -2.13. The lowest BCUT2D eigenvalue weighted by Gasteiger charge is -2.26. The van der Waals surface area contributed by atoms with Crippen molar-refractivity contribution in [3.8, 4) is 22.3 Å². The second-order valence-corrected chi connectivity index (χ2v) is 13.4. The van der Waals surface area contributed by atoms with E-state index in [0.29, 0.717) is 6.54 Å². The Morgan fingerprint density at radius 2 is 0.981 bits per heavy atom. The Kier molecular flexibility index (Phi) is 7.21. The Labute approximate surface area is 302 Å². The molecule has 9 aromatic rings. The minimum Gasteiger partial charge on any atom is -0.459 e. The average molecular weight is 667 g/mol. The van der Waals surface area contributed by atoms with E-state index in [2.05, 4.69) is 186 Å². The first-order valence-corrected chi connectivity index (χ1v) is 17.8. The standard InChI is InChI=1S/C49H34N2O/c1-2-10-33(11-3-1)34-18-24-38(25-19-34)51(40-28-22-36(23-29-40)46-31-50-32-48-49(46)44-16-8-9-17-47(44)52-48)39-26-20-35(21-27-39)45-30-37-12-4-5-13-41(37)42-14-6-7-15-43(42)45/h1-31,50H,32H2. The fourth-order valence-electron chi connectivity index (χ4n) is 7.82. The second-order valence-electron chi connectivity index (χ2n) is 13.4. The van der Waals surface area contributed by atoms with Gasteiger partial charge in [0.15, 0.2) is 0 Å². The van der Waals surface area contributed by atoms with Crippen molar-refractivity contribution in [2.24, 2.45) is 0 Å². The van der Waals surface area contributed by atoms with Gasteiger partial charge in [0.2, 0.25) is 0 Å². The maximum absolute atomic E-state index is 6.24. The molecule has 8 aromatic carbocycles. The average Bonchev–Trinajstić information content (AvgIpc) is 3.61. The van der Waals surface area contributed by atoms with E-state index in [9.17, 15) is 0 Å². The molecule has 0 radical (unpaired) electrons. The lowest BCUT2D eigenvalue weighted by molar-refractivity contribution is 0.531. The van der Waals surface area contributed by atoms with E-state index in [1.165, 1.54) is 49.4 Å². The molecule has 3 heteroatoms. The predicted octanol–water partition coefficient (Wildman–Crippen LogP) is 13.0. The maximum atomic E-state index is 6.24. The van der Waals surface area contributed by atoms with E-state index < -0.39 is 0 Å². The molecule has 0 atom stereocenters. The van der Waals surface area contributed by atoms with E-state index in [1.807, 2.05) is 12.1 Å². The van der Waals surface area contributed by atoms with E-state index in [4.69, 9.17) is 4.42 Å². The first-order valence-electron chi connectivity index (χ1n) is 17.8. The molecule has 1 aromatic heterocycles. The molecule has 0 spiro atoms. The zero-order valence-electron chi connectivity index (χ0n) is 28.5. The number of rotatable bonds is 6. The second kappa shape index (κ2) is 12.5. The van der Waals surface area contributed by atoms with Crippen LogP contribution in [-0.2, 0) is 6.54 Å². The third kappa shape index (κ3) is 5.14. The predicted molar refractivity (Wildman–Crippen MR) is 217 cm³/mol. The summed E-state index contributed by atoms with van der Waals surface area (Å²) in [6, 6.07) is 65.3. The summed E-state index contributed by atoms with van der Waals surface area (Å²) in [6.07, 6.45) is 2.12. The highest BCUT2D eigenvalue weighted by Gasteiger charge is 2.22. The Hall–Kier alpha value is -6.84. The van der Waals surface area contributed by atoms with E-state index in [0.717, 1.165) is 44.9 Å². The Bertz CT molecular complexity index is 2760. The number of para-hydroxylation sites is 1. The van der Waals surface area contributed by atoms with Crippen molar-refractivity contribution in [3.63, 3.8) is 0 Å². The van der Waals surface area contributed by atoms with Crippen LogP contribution in [0.1, 0.15) is 16.9 Å². The van der Waals surface area contributed by atoms with Crippen molar-refractivity contribution in [2.75, 3.05) is 4.90 Å². The van der Waals surface area contributed by atoms with Gasteiger partial charge in [-0.3, -0.25) is 0 Å². The number of hydrogen-bond donors (Lipinski definition) is 1. The molecule has 10 rings (SSSR count). The number of benzene rings is 8. The van der Waals surface area contributed by atoms with Gasteiger partial charge < -0.3 is 14.6 Å². The van der Waals surface area contributed by atoms with Crippen LogP contribution in [0.15, 0.2) is 193 Å². The summed E-state index contributed by atoms with van der Waals surface area (Å²) in [5.41, 5.74) is 12.5. The van der Waals surface area contributed by atoms with Crippen molar-refractivity contribution in [3.05, 3.63) is 205 Å². The third-order valence-electron chi connectivity index (χ3n) is 10.3. The summed E-state index contributed by atoms with van der Waals surface area (Å²) in [6.45, 7) is 0.684. The first-order chi connectivity index (χ1) is 25.8. The molecule has 2 heterocycles. The summed E-state index contributed by atoms with van der Waals surface area (Å²) in [4.78, 5) is 2.34. The van der Waals surface area contributed by atoms with Gasteiger partial charge >= 0.3 is 0 Å². The molecule has 0 saturated heterocycles. The molecule has 3 nitrogen and oxygen atoms in total. The molecule has 246 valence electrons. The van der Waals surface area contributed by atoms with Gasteiger partial charge in [0, 0.05) is 39.8 Å². The van der Waals surface area contributed by atoms with E-state index >= 15 is 0 Å². The molecule has 0 unspecified atom stereocenters. The van der Waals surface area contributed by atoms with Gasteiger partial charge in [0.05, 0.1) is 6.54 Å². The number of nitrogens with zero attached hydrogens (tertiary/aromatic N) is 1. The van der Waals surface area contributed by atoms with Gasteiger partial charge in [-0.15, -0.1) is 0 Å². The van der Waals surface area contributed by atoms with Crippen molar-refractivity contribution in [2.45, 2.75) is 6.54 Å². The van der Waals surface area contributed by atoms with Crippen molar-refractivity contribution in [1.82, 2.24) is 5.32 Å². The molecule has 0 bridgehead atoms. The Morgan fingerprint density at radius 1 is 0.442 bits per heavy atom. The fraction of sp³-hybridized carbons (Fsp3) is 0.0204. The smallest absolute Gasteiger partial charge is 0.135 e. The van der Waals surface area contributed by atoms with Crippen molar-refractivity contribution in [1.29, 1.82) is 0 Å². The topological polar surface area (TPSA) is 28.4 Å². The molecule has 0 saturated carbocycles. The number of nitrogens with one attached hydrogen (secondary N) is 1. The molecular weight excluding hydrogens is 633 g/mol. The molecule has 1 aliphatic heterocycles. The van der Waals surface area contributed by atoms with Crippen LogP contribution < -0.4 is 10.2 Å². The molecule has 52 heavy (non-hydrogen) atoms. The number of furan rings is 1. The van der Waals surface area contributed by atoms with Crippen LogP contribution in [0.25, 0.3) is 60.3 Å².